The largest absolute Gasteiger partial charge is 0.444 e. The third kappa shape index (κ3) is 1.22. The molecule has 0 aliphatic carbocycles. The SMILES string of the molecule is CNC(=O)N1C(=O)OC(C)C1C. The van der Waals surface area contributed by atoms with Crippen molar-refractivity contribution in [3.8, 4) is 0 Å². The number of nitrogens with one attached hydrogen (secondary N) is 1. The monoisotopic (exact) mass is 172 g/mol. The van der Waals surface area contributed by atoms with E-state index in [-0.39, 0.29) is 12.1 Å². The molecule has 1 aliphatic heterocycles. The molecule has 1 fully saturated rings. The maximum atomic E-state index is 11.1. The van der Waals surface area contributed by atoms with Gasteiger partial charge in [-0.2, -0.15) is 0 Å². The quantitative estimate of drug-likeness (QED) is 0.580. The van der Waals surface area contributed by atoms with Crippen LogP contribution in [0.3, 0.4) is 0 Å². The fraction of sp³-hybridized carbons (Fsp3) is 0.714. The molecule has 0 spiro atoms. The van der Waals surface area contributed by atoms with Crippen LogP contribution in [0.15, 0.2) is 0 Å². The van der Waals surface area contributed by atoms with Gasteiger partial charge in [0.1, 0.15) is 6.10 Å². The lowest BCUT2D eigenvalue weighted by Crippen LogP contribution is -2.43. The summed E-state index contributed by atoms with van der Waals surface area (Å²) in [6, 6.07) is -0.616. The van der Waals surface area contributed by atoms with Gasteiger partial charge in [0.2, 0.25) is 0 Å². The summed E-state index contributed by atoms with van der Waals surface area (Å²) in [6.07, 6.45) is -0.802. The molecule has 0 radical (unpaired) electrons. The van der Waals surface area contributed by atoms with Crippen molar-refractivity contribution in [2.45, 2.75) is 26.0 Å². The molecule has 5 heteroatoms. The summed E-state index contributed by atoms with van der Waals surface area (Å²) in [7, 11) is 1.48. The molecule has 1 aliphatic rings. The number of hydrogen-bond donors (Lipinski definition) is 1. The molecule has 0 aromatic carbocycles. The summed E-state index contributed by atoms with van der Waals surface area (Å²) >= 11 is 0. The Hall–Kier alpha value is -1.26. The van der Waals surface area contributed by atoms with Gasteiger partial charge in [0.05, 0.1) is 6.04 Å². The standard InChI is InChI=1S/C7H12N2O3/c1-4-5(2)12-7(11)9(4)6(10)8-3/h4-5H,1-3H3,(H,8,10). The van der Waals surface area contributed by atoms with Gasteiger partial charge in [-0.3, -0.25) is 0 Å². The number of amides is 3. The third-order valence-corrected chi connectivity index (χ3v) is 2.00. The highest BCUT2D eigenvalue weighted by Crippen LogP contribution is 2.18. The normalized spacial score (nSPS) is 28.6. The molecule has 0 aromatic rings. The van der Waals surface area contributed by atoms with Crippen LogP contribution in [0.4, 0.5) is 9.59 Å². The summed E-state index contributed by atoms with van der Waals surface area (Å²) in [5.41, 5.74) is 0. The lowest BCUT2D eigenvalue weighted by molar-refractivity contribution is 0.138. The Morgan fingerprint density at radius 1 is 1.58 bits per heavy atom. The van der Waals surface area contributed by atoms with E-state index in [4.69, 9.17) is 4.74 Å². The summed E-state index contributed by atoms with van der Waals surface area (Å²) in [4.78, 5) is 23.2. The van der Waals surface area contributed by atoms with Gasteiger partial charge in [0.25, 0.3) is 0 Å². The van der Waals surface area contributed by atoms with Crippen LogP contribution in [-0.4, -0.2) is 36.2 Å². The Bertz CT molecular complexity index is 209. The average molecular weight is 172 g/mol. The van der Waals surface area contributed by atoms with Gasteiger partial charge in [-0.15, -0.1) is 0 Å². The molecule has 2 atom stereocenters. The zero-order chi connectivity index (χ0) is 9.30. The zero-order valence-electron chi connectivity index (χ0n) is 7.33. The summed E-state index contributed by atoms with van der Waals surface area (Å²) in [5, 5.41) is 2.37. The molecule has 2 unspecified atom stereocenters. The molecule has 68 valence electrons. The van der Waals surface area contributed by atoms with E-state index in [0.717, 1.165) is 4.90 Å². The van der Waals surface area contributed by atoms with Gasteiger partial charge in [-0.25, -0.2) is 14.5 Å². The van der Waals surface area contributed by atoms with Crippen molar-refractivity contribution in [3.63, 3.8) is 0 Å². The van der Waals surface area contributed by atoms with E-state index in [0.29, 0.717) is 0 Å². The van der Waals surface area contributed by atoms with Crippen LogP contribution in [0.5, 0.6) is 0 Å². The van der Waals surface area contributed by atoms with Crippen LogP contribution in [-0.2, 0) is 4.74 Å². The molecule has 0 saturated carbocycles. The van der Waals surface area contributed by atoms with Crippen LogP contribution in [0, 0.1) is 0 Å². The smallest absolute Gasteiger partial charge is 0.418 e. The molecule has 1 N–H and O–H groups in total. The van der Waals surface area contributed by atoms with E-state index in [1.54, 1.807) is 13.8 Å². The Balaban J connectivity index is 2.76. The van der Waals surface area contributed by atoms with E-state index in [1.807, 2.05) is 0 Å². The van der Waals surface area contributed by atoms with E-state index >= 15 is 0 Å². The second kappa shape index (κ2) is 3.00. The maximum absolute atomic E-state index is 11.1. The van der Waals surface area contributed by atoms with Crippen molar-refractivity contribution in [3.05, 3.63) is 0 Å². The number of urea groups is 1. The topological polar surface area (TPSA) is 58.6 Å². The van der Waals surface area contributed by atoms with Crippen LogP contribution in [0.2, 0.25) is 0 Å². The van der Waals surface area contributed by atoms with Crippen LogP contribution in [0.1, 0.15) is 13.8 Å². The molecule has 1 saturated heterocycles. The van der Waals surface area contributed by atoms with Crippen molar-refractivity contribution in [1.29, 1.82) is 0 Å². The molecule has 5 nitrogen and oxygen atoms in total. The second-order valence-corrected chi connectivity index (χ2v) is 2.75. The first kappa shape index (κ1) is 8.83. The van der Waals surface area contributed by atoms with Crippen molar-refractivity contribution in [2.24, 2.45) is 0 Å². The lowest BCUT2D eigenvalue weighted by Gasteiger charge is -2.16. The molecule has 12 heavy (non-hydrogen) atoms. The lowest BCUT2D eigenvalue weighted by atomic mass is 10.2. The molecule has 0 bridgehead atoms. The van der Waals surface area contributed by atoms with E-state index in [1.165, 1.54) is 7.05 Å². The number of hydrogen-bond acceptors (Lipinski definition) is 3. The predicted octanol–water partition coefficient (Wildman–Crippen LogP) is 0.555. The van der Waals surface area contributed by atoms with Gasteiger partial charge in [-0.05, 0) is 13.8 Å². The first-order valence-electron chi connectivity index (χ1n) is 3.79. The Labute approximate surface area is 70.7 Å². The highest BCUT2D eigenvalue weighted by atomic mass is 16.6. The molecular weight excluding hydrogens is 160 g/mol. The second-order valence-electron chi connectivity index (χ2n) is 2.75. The summed E-state index contributed by atoms with van der Waals surface area (Å²) < 4.78 is 4.84. The van der Waals surface area contributed by atoms with E-state index in [9.17, 15) is 9.59 Å². The minimum atomic E-state index is -0.575. The number of cyclic esters (lactones) is 1. The van der Waals surface area contributed by atoms with Gasteiger partial charge < -0.3 is 10.1 Å². The fourth-order valence-electron chi connectivity index (χ4n) is 1.08. The van der Waals surface area contributed by atoms with Gasteiger partial charge in [0, 0.05) is 7.05 Å². The minimum absolute atomic E-state index is 0.197. The number of carbonyl (C=O) groups is 2. The third-order valence-electron chi connectivity index (χ3n) is 2.00. The Morgan fingerprint density at radius 3 is 2.50 bits per heavy atom. The number of carbonyl (C=O) groups excluding carboxylic acids is 2. The van der Waals surface area contributed by atoms with Gasteiger partial charge in [0.15, 0.2) is 0 Å². The van der Waals surface area contributed by atoms with Gasteiger partial charge >= 0.3 is 12.1 Å². The highest BCUT2D eigenvalue weighted by molar-refractivity contribution is 5.92. The first-order valence-corrected chi connectivity index (χ1v) is 3.79. The minimum Gasteiger partial charge on any atom is -0.444 e. The Morgan fingerprint density at radius 2 is 2.17 bits per heavy atom. The van der Waals surface area contributed by atoms with E-state index < -0.39 is 12.1 Å². The zero-order valence-corrected chi connectivity index (χ0v) is 7.33. The number of ether oxygens (including phenoxy) is 1. The number of rotatable bonds is 0. The maximum Gasteiger partial charge on any atom is 0.418 e. The highest BCUT2D eigenvalue weighted by Gasteiger charge is 2.39. The van der Waals surface area contributed by atoms with Crippen LogP contribution < -0.4 is 5.32 Å². The first-order chi connectivity index (χ1) is 5.57. The van der Waals surface area contributed by atoms with Crippen LogP contribution >= 0.6 is 0 Å². The van der Waals surface area contributed by atoms with E-state index in [2.05, 4.69) is 5.32 Å². The molecule has 3 amide bonds. The van der Waals surface area contributed by atoms with Crippen molar-refractivity contribution >= 4 is 12.1 Å². The Kier molecular flexibility index (Phi) is 2.21. The van der Waals surface area contributed by atoms with Crippen molar-refractivity contribution < 1.29 is 14.3 Å². The molecular formula is C7H12N2O3. The van der Waals surface area contributed by atoms with Crippen molar-refractivity contribution in [2.75, 3.05) is 7.05 Å². The van der Waals surface area contributed by atoms with Crippen molar-refractivity contribution in [1.82, 2.24) is 10.2 Å². The summed E-state index contributed by atoms with van der Waals surface area (Å²) in [5.74, 6) is 0. The number of nitrogens with zero attached hydrogens (tertiary/aromatic N) is 1. The summed E-state index contributed by atoms with van der Waals surface area (Å²) in [6.45, 7) is 3.52. The fourth-order valence-corrected chi connectivity index (χ4v) is 1.08. The molecule has 1 rings (SSSR count). The predicted molar refractivity (Wildman–Crippen MR) is 41.7 cm³/mol. The molecule has 1 heterocycles. The number of imide groups is 1. The molecule has 0 aromatic heterocycles. The average Bonchev–Trinajstić information content (AvgIpc) is 2.26. The van der Waals surface area contributed by atoms with Crippen LogP contribution in [0.25, 0.3) is 0 Å². The van der Waals surface area contributed by atoms with Gasteiger partial charge in [-0.1, -0.05) is 0 Å².